The van der Waals surface area contributed by atoms with Crippen LogP contribution in [0.15, 0.2) is 82.6 Å². The van der Waals surface area contributed by atoms with E-state index in [0.29, 0.717) is 63.1 Å². The highest BCUT2D eigenvalue weighted by Crippen LogP contribution is 2.33. The van der Waals surface area contributed by atoms with Crippen molar-refractivity contribution in [3.8, 4) is 0 Å². The van der Waals surface area contributed by atoms with E-state index in [-0.39, 0.29) is 9.79 Å². The van der Waals surface area contributed by atoms with Crippen molar-refractivity contribution in [2.75, 3.05) is 62.2 Å². The number of piperazine rings is 2. The van der Waals surface area contributed by atoms with Gasteiger partial charge in [0.05, 0.1) is 9.79 Å². The topological polar surface area (TPSA) is 81.2 Å². The highest BCUT2D eigenvalue weighted by atomic mass is 32.2. The Morgan fingerprint density at radius 1 is 0.455 bits per heavy atom. The Kier molecular flexibility index (Phi) is 8.21. The van der Waals surface area contributed by atoms with Crippen LogP contribution in [0, 0.1) is 27.7 Å². The number of anilines is 2. The number of hydrogen-bond acceptors (Lipinski definition) is 6. The molecule has 2 aliphatic rings. The monoisotopic (exact) mass is 632 g/mol. The smallest absolute Gasteiger partial charge is 0.243 e. The van der Waals surface area contributed by atoms with Gasteiger partial charge in [-0.05, 0) is 74.2 Å². The molecule has 0 aliphatic carbocycles. The van der Waals surface area contributed by atoms with Crippen molar-refractivity contribution in [2.24, 2.45) is 0 Å². The molecular weight excluding hydrogens is 593 g/mol. The SMILES string of the molecule is Cc1cccc(N2CCN(S(=O)(=O)c3cccc4c(S(=O)(=O)N5CCN(c6cccc(C)c6C)CC5)cccc34)CC2)c1C. The Balaban J connectivity index is 1.24. The Morgan fingerprint density at radius 2 is 0.795 bits per heavy atom. The van der Waals surface area contributed by atoms with Gasteiger partial charge in [0.1, 0.15) is 0 Å². The van der Waals surface area contributed by atoms with Gasteiger partial charge in [0, 0.05) is 74.5 Å². The van der Waals surface area contributed by atoms with Crippen LogP contribution in [0.2, 0.25) is 0 Å². The molecule has 0 saturated carbocycles. The quantitative estimate of drug-likeness (QED) is 0.295. The molecule has 8 nitrogen and oxygen atoms in total. The number of benzene rings is 4. The van der Waals surface area contributed by atoms with Crippen molar-refractivity contribution in [1.29, 1.82) is 0 Å². The Bertz CT molecular complexity index is 1790. The second-order valence-electron chi connectivity index (χ2n) is 11.8. The summed E-state index contributed by atoms with van der Waals surface area (Å²) in [6, 6.07) is 22.3. The summed E-state index contributed by atoms with van der Waals surface area (Å²) in [5.41, 5.74) is 7.11. The molecule has 0 bridgehead atoms. The summed E-state index contributed by atoms with van der Waals surface area (Å²) in [6.07, 6.45) is 0. The van der Waals surface area contributed by atoms with E-state index >= 15 is 0 Å². The molecule has 0 spiro atoms. The molecule has 232 valence electrons. The number of rotatable bonds is 6. The van der Waals surface area contributed by atoms with Crippen molar-refractivity contribution in [1.82, 2.24) is 8.61 Å². The first-order valence-corrected chi connectivity index (χ1v) is 18.0. The van der Waals surface area contributed by atoms with Crippen LogP contribution in [0.3, 0.4) is 0 Å². The zero-order chi connectivity index (χ0) is 31.2. The van der Waals surface area contributed by atoms with E-state index in [9.17, 15) is 16.8 Å². The second-order valence-corrected chi connectivity index (χ2v) is 15.6. The number of aryl methyl sites for hydroxylation is 2. The molecule has 44 heavy (non-hydrogen) atoms. The van der Waals surface area contributed by atoms with E-state index in [1.165, 1.54) is 30.9 Å². The van der Waals surface area contributed by atoms with Gasteiger partial charge in [0.25, 0.3) is 0 Å². The zero-order valence-corrected chi connectivity index (χ0v) is 27.5. The Labute approximate surface area is 261 Å². The van der Waals surface area contributed by atoms with Gasteiger partial charge < -0.3 is 9.80 Å². The summed E-state index contributed by atoms with van der Waals surface area (Å²) in [5.74, 6) is 0. The van der Waals surface area contributed by atoms with Crippen LogP contribution in [-0.4, -0.2) is 77.8 Å². The molecule has 2 aliphatic heterocycles. The Morgan fingerprint density at radius 3 is 1.16 bits per heavy atom. The van der Waals surface area contributed by atoms with E-state index in [4.69, 9.17) is 0 Å². The molecule has 6 rings (SSSR count). The van der Waals surface area contributed by atoms with Crippen LogP contribution in [0.25, 0.3) is 10.8 Å². The highest BCUT2D eigenvalue weighted by Gasteiger charge is 2.33. The lowest BCUT2D eigenvalue weighted by Gasteiger charge is -2.37. The van der Waals surface area contributed by atoms with Crippen molar-refractivity contribution in [2.45, 2.75) is 37.5 Å². The van der Waals surface area contributed by atoms with Gasteiger partial charge in [-0.25, -0.2) is 16.8 Å². The van der Waals surface area contributed by atoms with Gasteiger partial charge in [-0.2, -0.15) is 8.61 Å². The lowest BCUT2D eigenvalue weighted by molar-refractivity contribution is 0.384. The molecule has 2 fully saturated rings. The average molecular weight is 633 g/mol. The molecular formula is C34H40N4O4S2. The van der Waals surface area contributed by atoms with Gasteiger partial charge in [-0.1, -0.05) is 48.5 Å². The molecule has 0 unspecified atom stereocenters. The lowest BCUT2D eigenvalue weighted by Crippen LogP contribution is -2.49. The zero-order valence-electron chi connectivity index (χ0n) is 25.8. The van der Waals surface area contributed by atoms with E-state index in [0.717, 1.165) is 11.4 Å². The van der Waals surface area contributed by atoms with Gasteiger partial charge in [0.2, 0.25) is 20.0 Å². The maximum atomic E-state index is 14.0. The summed E-state index contributed by atoms with van der Waals surface area (Å²) >= 11 is 0. The first kappa shape index (κ1) is 30.6. The maximum Gasteiger partial charge on any atom is 0.243 e. The standard InChI is InChI=1S/C34H40N4O4S2/c1-25-9-5-13-31(27(25)3)35-17-21-37(22-18-35)43(39,40)33-15-7-12-30-29(33)11-8-16-34(30)44(41,42)38-23-19-36(20-24-38)32-14-6-10-26(2)28(32)4/h5-16H,17-24H2,1-4H3. The van der Waals surface area contributed by atoms with Crippen molar-refractivity contribution < 1.29 is 16.8 Å². The molecule has 0 atom stereocenters. The maximum absolute atomic E-state index is 14.0. The van der Waals surface area contributed by atoms with E-state index in [2.05, 4.69) is 61.8 Å². The van der Waals surface area contributed by atoms with Crippen LogP contribution in [0.1, 0.15) is 22.3 Å². The third kappa shape index (κ3) is 5.38. The number of sulfonamides is 2. The molecule has 4 aromatic rings. The number of nitrogens with zero attached hydrogens (tertiary/aromatic N) is 4. The van der Waals surface area contributed by atoms with E-state index < -0.39 is 20.0 Å². The van der Waals surface area contributed by atoms with Crippen molar-refractivity contribution >= 4 is 42.2 Å². The molecule has 10 heteroatoms. The predicted octanol–water partition coefficient (Wildman–Crippen LogP) is 5.10. The fourth-order valence-corrected chi connectivity index (χ4v) is 9.73. The normalized spacial score (nSPS) is 17.4. The van der Waals surface area contributed by atoms with Gasteiger partial charge in [-0.15, -0.1) is 0 Å². The lowest BCUT2D eigenvalue weighted by atomic mass is 10.1. The minimum Gasteiger partial charge on any atom is -0.369 e. The predicted molar refractivity (Wildman–Crippen MR) is 178 cm³/mol. The largest absolute Gasteiger partial charge is 0.369 e. The minimum atomic E-state index is -3.85. The van der Waals surface area contributed by atoms with Crippen LogP contribution in [0.4, 0.5) is 11.4 Å². The van der Waals surface area contributed by atoms with Crippen molar-refractivity contribution in [3.05, 3.63) is 95.1 Å². The average Bonchev–Trinajstić information content (AvgIpc) is 3.03. The van der Waals surface area contributed by atoms with E-state index in [1.807, 2.05) is 12.1 Å². The van der Waals surface area contributed by atoms with Crippen molar-refractivity contribution in [3.63, 3.8) is 0 Å². The van der Waals surface area contributed by atoms with Crippen LogP contribution in [-0.2, 0) is 20.0 Å². The van der Waals surface area contributed by atoms with Crippen LogP contribution in [0.5, 0.6) is 0 Å². The fourth-order valence-electron chi connectivity index (χ4n) is 6.48. The summed E-state index contributed by atoms with van der Waals surface area (Å²) in [5, 5.41) is 0.860. The summed E-state index contributed by atoms with van der Waals surface area (Å²) in [7, 11) is -7.71. The number of fused-ring (bicyclic) bond motifs is 1. The number of hydrogen-bond donors (Lipinski definition) is 0. The molecule has 2 heterocycles. The molecule has 4 aromatic carbocycles. The summed E-state index contributed by atoms with van der Waals surface area (Å²) < 4.78 is 59.0. The van der Waals surface area contributed by atoms with E-state index in [1.54, 1.807) is 36.4 Å². The molecule has 0 N–H and O–H groups in total. The first-order chi connectivity index (χ1) is 21.0. The third-order valence-corrected chi connectivity index (χ3v) is 13.3. The first-order valence-electron chi connectivity index (χ1n) is 15.1. The summed E-state index contributed by atoms with van der Waals surface area (Å²) in [6.45, 7) is 12.1. The second kappa shape index (κ2) is 11.8. The van der Waals surface area contributed by atoms with Gasteiger partial charge in [-0.3, -0.25) is 0 Å². The fraction of sp³-hybridized carbons (Fsp3) is 0.353. The molecule has 0 radical (unpaired) electrons. The van der Waals surface area contributed by atoms with Gasteiger partial charge >= 0.3 is 0 Å². The third-order valence-electron chi connectivity index (χ3n) is 9.39. The molecule has 0 amide bonds. The molecule has 0 aromatic heterocycles. The van der Waals surface area contributed by atoms with Crippen LogP contribution >= 0.6 is 0 Å². The Hall–Kier alpha value is -3.44. The molecule has 2 saturated heterocycles. The van der Waals surface area contributed by atoms with Crippen LogP contribution < -0.4 is 9.80 Å². The van der Waals surface area contributed by atoms with Gasteiger partial charge in [0.15, 0.2) is 0 Å². The highest BCUT2D eigenvalue weighted by molar-refractivity contribution is 7.89. The summed E-state index contributed by atoms with van der Waals surface area (Å²) in [4.78, 5) is 4.77. The minimum absolute atomic E-state index is 0.145.